The molecule has 3 N–H and O–H groups in total. The van der Waals surface area contributed by atoms with Crippen molar-refractivity contribution in [1.82, 2.24) is 10.4 Å². The van der Waals surface area contributed by atoms with Crippen LogP contribution in [0.4, 0.5) is 10.1 Å². The standard InChI is InChI=1S/C13H7Cl4FN4O/c14-6-2-1-3-7(18)5(6)4-20-22-13(23)11-8(15)10(19)9(16)12(17)21-11/h1-4H,(H2,19,21)(H,22,23)/b20-4+. The van der Waals surface area contributed by atoms with Gasteiger partial charge in [-0.25, -0.2) is 14.8 Å². The largest absolute Gasteiger partial charge is 0.396 e. The van der Waals surface area contributed by atoms with E-state index in [0.29, 0.717) is 0 Å². The van der Waals surface area contributed by atoms with Gasteiger partial charge in [0.2, 0.25) is 0 Å². The minimum atomic E-state index is -0.802. The number of hydrogen-bond acceptors (Lipinski definition) is 4. The highest BCUT2D eigenvalue weighted by Gasteiger charge is 2.19. The van der Waals surface area contributed by atoms with Gasteiger partial charge in [0.1, 0.15) is 10.8 Å². The number of rotatable bonds is 3. The van der Waals surface area contributed by atoms with E-state index in [2.05, 4.69) is 15.5 Å². The number of benzene rings is 1. The van der Waals surface area contributed by atoms with Crippen LogP contribution >= 0.6 is 46.4 Å². The topological polar surface area (TPSA) is 80.4 Å². The van der Waals surface area contributed by atoms with Crippen molar-refractivity contribution in [3.05, 3.63) is 55.5 Å². The first-order valence-electron chi connectivity index (χ1n) is 5.90. The normalized spacial score (nSPS) is 11.0. The fraction of sp³-hybridized carbons (Fsp3) is 0. The summed E-state index contributed by atoms with van der Waals surface area (Å²) < 4.78 is 13.5. The predicted molar refractivity (Wildman–Crippen MR) is 90.1 cm³/mol. The van der Waals surface area contributed by atoms with Gasteiger partial charge in [0.25, 0.3) is 5.91 Å². The van der Waals surface area contributed by atoms with Crippen molar-refractivity contribution in [1.29, 1.82) is 0 Å². The maximum absolute atomic E-state index is 13.5. The average Bonchev–Trinajstić information content (AvgIpc) is 2.51. The summed E-state index contributed by atoms with van der Waals surface area (Å²) in [7, 11) is 0. The van der Waals surface area contributed by atoms with Crippen LogP contribution in [0, 0.1) is 5.82 Å². The lowest BCUT2D eigenvalue weighted by Gasteiger charge is -2.07. The van der Waals surface area contributed by atoms with Crippen molar-refractivity contribution in [3.63, 3.8) is 0 Å². The number of aromatic nitrogens is 1. The van der Waals surface area contributed by atoms with E-state index in [0.717, 1.165) is 6.21 Å². The number of hydrogen-bond donors (Lipinski definition) is 2. The maximum Gasteiger partial charge on any atom is 0.291 e. The van der Waals surface area contributed by atoms with Crippen LogP contribution in [0.25, 0.3) is 0 Å². The van der Waals surface area contributed by atoms with Crippen LogP contribution in [0.15, 0.2) is 23.3 Å². The summed E-state index contributed by atoms with van der Waals surface area (Å²) in [5, 5.41) is 3.32. The summed E-state index contributed by atoms with van der Waals surface area (Å²) in [4.78, 5) is 15.7. The van der Waals surface area contributed by atoms with Crippen LogP contribution < -0.4 is 11.2 Å². The minimum absolute atomic E-state index is 0.0159. The van der Waals surface area contributed by atoms with Gasteiger partial charge in [0.05, 0.1) is 21.9 Å². The second-order valence-corrected chi connectivity index (χ2v) is 5.65. The third-order valence-corrected chi connectivity index (χ3v) is 4.11. The molecule has 5 nitrogen and oxygen atoms in total. The highest BCUT2D eigenvalue weighted by atomic mass is 35.5. The van der Waals surface area contributed by atoms with Gasteiger partial charge >= 0.3 is 0 Å². The number of carbonyl (C=O) groups is 1. The Morgan fingerprint density at radius 2 is 1.96 bits per heavy atom. The second kappa shape index (κ2) is 7.31. The van der Waals surface area contributed by atoms with E-state index in [1.165, 1.54) is 18.2 Å². The number of nitrogens with two attached hydrogens (primary N) is 1. The lowest BCUT2D eigenvalue weighted by atomic mass is 10.2. The zero-order valence-corrected chi connectivity index (χ0v) is 14.1. The molecule has 1 heterocycles. The van der Waals surface area contributed by atoms with Crippen molar-refractivity contribution in [2.24, 2.45) is 5.10 Å². The number of carbonyl (C=O) groups excluding carboxylic acids is 1. The third-order valence-electron chi connectivity index (χ3n) is 2.65. The first-order valence-corrected chi connectivity index (χ1v) is 7.41. The van der Waals surface area contributed by atoms with E-state index in [9.17, 15) is 9.18 Å². The molecule has 0 saturated carbocycles. The molecule has 120 valence electrons. The van der Waals surface area contributed by atoms with Crippen LogP contribution in [0.1, 0.15) is 16.1 Å². The Kier molecular flexibility index (Phi) is 5.64. The minimum Gasteiger partial charge on any atom is -0.396 e. The monoisotopic (exact) mass is 394 g/mol. The summed E-state index contributed by atoms with van der Waals surface area (Å²) in [5.41, 5.74) is 7.39. The van der Waals surface area contributed by atoms with Gasteiger partial charge in [0.15, 0.2) is 10.8 Å². The zero-order valence-electron chi connectivity index (χ0n) is 11.1. The first-order chi connectivity index (χ1) is 10.8. The number of hydrazone groups is 1. The Hall–Kier alpha value is -1.60. The number of nitrogen functional groups attached to an aromatic ring is 1. The average molecular weight is 396 g/mol. The van der Waals surface area contributed by atoms with E-state index in [-0.39, 0.29) is 37.2 Å². The SMILES string of the molecule is Nc1c(Cl)c(Cl)nc(C(=O)N/N=C/c2c(F)cccc2Cl)c1Cl. The van der Waals surface area contributed by atoms with Gasteiger partial charge in [-0.3, -0.25) is 4.79 Å². The first kappa shape index (κ1) is 17.7. The molecule has 0 atom stereocenters. The number of anilines is 1. The van der Waals surface area contributed by atoms with Gasteiger partial charge in [-0.1, -0.05) is 52.5 Å². The van der Waals surface area contributed by atoms with E-state index in [1.54, 1.807) is 0 Å². The fourth-order valence-electron chi connectivity index (χ4n) is 1.52. The molecule has 0 fully saturated rings. The van der Waals surface area contributed by atoms with Crippen molar-refractivity contribution >= 4 is 64.2 Å². The molecule has 0 spiro atoms. The van der Waals surface area contributed by atoms with Crippen LogP contribution in [0.2, 0.25) is 20.2 Å². The van der Waals surface area contributed by atoms with Gasteiger partial charge in [-0.05, 0) is 12.1 Å². The van der Waals surface area contributed by atoms with Gasteiger partial charge in [-0.2, -0.15) is 5.10 Å². The molecule has 1 amide bonds. The summed E-state index contributed by atoms with van der Waals surface area (Å²) in [6.07, 6.45) is 1.05. The second-order valence-electron chi connectivity index (χ2n) is 4.13. The predicted octanol–water partition coefficient (Wildman–Crippen LogP) is 4.18. The quantitative estimate of drug-likeness (QED) is 0.464. The molecule has 0 radical (unpaired) electrons. The van der Waals surface area contributed by atoms with E-state index >= 15 is 0 Å². The van der Waals surface area contributed by atoms with Crippen LogP contribution in [0.5, 0.6) is 0 Å². The zero-order chi connectivity index (χ0) is 17.1. The van der Waals surface area contributed by atoms with Crippen LogP contribution in [-0.4, -0.2) is 17.1 Å². The summed E-state index contributed by atoms with van der Waals surface area (Å²) in [6, 6.07) is 4.12. The molecule has 10 heteroatoms. The summed E-state index contributed by atoms with van der Waals surface area (Å²) >= 11 is 23.2. The van der Waals surface area contributed by atoms with Crippen LogP contribution in [0.3, 0.4) is 0 Å². The van der Waals surface area contributed by atoms with Gasteiger partial charge in [0, 0.05) is 5.56 Å². The molecule has 0 aliphatic carbocycles. The number of nitrogens with one attached hydrogen (secondary N) is 1. The molecule has 23 heavy (non-hydrogen) atoms. The summed E-state index contributed by atoms with van der Waals surface area (Å²) in [6.45, 7) is 0. The summed E-state index contributed by atoms with van der Waals surface area (Å²) in [5.74, 6) is -1.39. The fourth-order valence-corrected chi connectivity index (χ4v) is 2.33. The molecule has 0 saturated heterocycles. The van der Waals surface area contributed by atoms with E-state index in [1.807, 2.05) is 0 Å². The number of pyridine rings is 1. The van der Waals surface area contributed by atoms with Crippen molar-refractivity contribution in [2.75, 3.05) is 5.73 Å². The number of halogens is 5. The lowest BCUT2D eigenvalue weighted by molar-refractivity contribution is 0.0950. The molecule has 0 aliphatic heterocycles. The highest BCUT2D eigenvalue weighted by Crippen LogP contribution is 2.34. The highest BCUT2D eigenvalue weighted by molar-refractivity contribution is 6.46. The molecule has 1 aromatic heterocycles. The Balaban J connectivity index is 2.22. The Bertz CT molecular complexity index is 793. The molecular weight excluding hydrogens is 389 g/mol. The van der Waals surface area contributed by atoms with E-state index < -0.39 is 11.7 Å². The molecule has 0 unspecified atom stereocenters. The van der Waals surface area contributed by atoms with Crippen LogP contribution in [-0.2, 0) is 0 Å². The molecule has 1 aromatic carbocycles. The maximum atomic E-state index is 13.5. The van der Waals surface area contributed by atoms with E-state index in [4.69, 9.17) is 52.1 Å². The molecule has 0 bridgehead atoms. The molecule has 2 aromatic rings. The van der Waals surface area contributed by atoms with Crippen molar-refractivity contribution < 1.29 is 9.18 Å². The third kappa shape index (κ3) is 3.84. The smallest absolute Gasteiger partial charge is 0.291 e. The molecule has 0 aliphatic rings. The van der Waals surface area contributed by atoms with Gasteiger partial charge < -0.3 is 5.73 Å². The Morgan fingerprint density at radius 1 is 1.26 bits per heavy atom. The van der Waals surface area contributed by atoms with Crippen molar-refractivity contribution in [2.45, 2.75) is 0 Å². The number of nitrogens with zero attached hydrogens (tertiary/aromatic N) is 2. The Morgan fingerprint density at radius 3 is 2.61 bits per heavy atom. The van der Waals surface area contributed by atoms with Gasteiger partial charge in [-0.15, -0.1) is 0 Å². The van der Waals surface area contributed by atoms with Crippen molar-refractivity contribution in [3.8, 4) is 0 Å². The lowest BCUT2D eigenvalue weighted by Crippen LogP contribution is -2.20. The number of amides is 1. The Labute approximate surface area is 150 Å². The molecule has 2 rings (SSSR count). The molecular formula is C13H7Cl4FN4O.